The van der Waals surface area contributed by atoms with E-state index in [2.05, 4.69) is 5.32 Å². The molecular weight excluding hydrogens is 388 g/mol. The summed E-state index contributed by atoms with van der Waals surface area (Å²) in [6.07, 6.45) is 4.28. The fourth-order valence-electron chi connectivity index (χ4n) is 3.02. The zero-order chi connectivity index (χ0) is 22.7. The molecule has 0 heterocycles. The van der Waals surface area contributed by atoms with E-state index in [9.17, 15) is 9.59 Å². The van der Waals surface area contributed by atoms with Gasteiger partial charge in [0.2, 0.25) is 0 Å². The smallest absolute Gasteiger partial charge is 0.407 e. The SMILES string of the molecule is CC(C)(C)OC(=O)NC1CCC(N)CC1.CCOc1cc(OC)c(C=O)c(OC)c1. The van der Waals surface area contributed by atoms with E-state index in [-0.39, 0.29) is 12.1 Å². The Kier molecular flexibility index (Phi) is 10.5. The second kappa shape index (κ2) is 12.3. The molecule has 2 rings (SSSR count). The molecule has 8 nitrogen and oxygen atoms in total. The molecule has 0 aromatic heterocycles. The molecule has 0 spiro atoms. The van der Waals surface area contributed by atoms with Crippen LogP contribution in [0.25, 0.3) is 0 Å². The van der Waals surface area contributed by atoms with Gasteiger partial charge in [0.05, 0.1) is 26.4 Å². The predicted octanol–water partition coefficient (Wildman–Crippen LogP) is 3.70. The van der Waals surface area contributed by atoms with E-state index in [1.54, 1.807) is 12.1 Å². The number of nitrogens with two attached hydrogens (primary N) is 1. The number of aldehydes is 1. The molecule has 0 aliphatic heterocycles. The minimum absolute atomic E-state index is 0.236. The summed E-state index contributed by atoms with van der Waals surface area (Å²) >= 11 is 0. The first-order chi connectivity index (χ1) is 14.1. The van der Waals surface area contributed by atoms with Crippen molar-refractivity contribution in [1.29, 1.82) is 0 Å². The highest BCUT2D eigenvalue weighted by molar-refractivity contribution is 5.84. The van der Waals surface area contributed by atoms with Crippen molar-refractivity contribution in [3.8, 4) is 17.2 Å². The summed E-state index contributed by atoms with van der Waals surface area (Å²) in [6, 6.07) is 3.87. The highest BCUT2D eigenvalue weighted by Gasteiger charge is 2.23. The monoisotopic (exact) mass is 424 g/mol. The number of nitrogens with one attached hydrogen (secondary N) is 1. The number of methoxy groups -OCH3 is 2. The van der Waals surface area contributed by atoms with E-state index in [1.807, 2.05) is 27.7 Å². The van der Waals surface area contributed by atoms with Crippen molar-refractivity contribution in [2.24, 2.45) is 5.73 Å². The number of carbonyl (C=O) groups excluding carboxylic acids is 2. The fraction of sp³-hybridized carbons (Fsp3) is 0.636. The average molecular weight is 425 g/mol. The third kappa shape index (κ3) is 8.90. The van der Waals surface area contributed by atoms with Gasteiger partial charge in [-0.05, 0) is 53.4 Å². The van der Waals surface area contributed by atoms with Crippen molar-refractivity contribution in [1.82, 2.24) is 5.32 Å². The number of amides is 1. The molecule has 30 heavy (non-hydrogen) atoms. The number of carbonyl (C=O) groups is 2. The van der Waals surface area contributed by atoms with Crippen LogP contribution in [0.15, 0.2) is 12.1 Å². The van der Waals surface area contributed by atoms with E-state index < -0.39 is 5.60 Å². The Morgan fingerprint density at radius 1 is 1.13 bits per heavy atom. The van der Waals surface area contributed by atoms with E-state index in [0.29, 0.717) is 41.7 Å². The summed E-state index contributed by atoms with van der Waals surface area (Å²) in [5, 5.41) is 2.88. The highest BCUT2D eigenvalue weighted by Crippen LogP contribution is 2.32. The van der Waals surface area contributed by atoms with E-state index >= 15 is 0 Å². The van der Waals surface area contributed by atoms with Crippen LogP contribution in [0.3, 0.4) is 0 Å². The lowest BCUT2D eigenvalue weighted by atomic mass is 9.92. The molecule has 1 aromatic rings. The minimum atomic E-state index is -0.421. The van der Waals surface area contributed by atoms with Crippen molar-refractivity contribution in [2.75, 3.05) is 20.8 Å². The van der Waals surface area contributed by atoms with Gasteiger partial charge in [-0.25, -0.2) is 4.79 Å². The van der Waals surface area contributed by atoms with Crippen LogP contribution in [0.1, 0.15) is 63.7 Å². The quantitative estimate of drug-likeness (QED) is 0.670. The zero-order valence-electron chi connectivity index (χ0n) is 18.9. The third-order valence-corrected chi connectivity index (χ3v) is 4.44. The minimum Gasteiger partial charge on any atom is -0.496 e. The molecule has 1 saturated carbocycles. The van der Waals surface area contributed by atoms with Gasteiger partial charge < -0.3 is 30.0 Å². The van der Waals surface area contributed by atoms with Crippen LogP contribution in [0, 0.1) is 0 Å². The Balaban J connectivity index is 0.000000300. The first-order valence-electron chi connectivity index (χ1n) is 10.2. The van der Waals surface area contributed by atoms with Crippen LogP contribution in [-0.2, 0) is 4.74 Å². The van der Waals surface area contributed by atoms with Crippen LogP contribution < -0.4 is 25.3 Å². The Hall–Kier alpha value is -2.48. The molecule has 1 aliphatic carbocycles. The Morgan fingerprint density at radius 2 is 1.67 bits per heavy atom. The summed E-state index contributed by atoms with van der Waals surface area (Å²) < 4.78 is 20.6. The van der Waals surface area contributed by atoms with E-state index in [1.165, 1.54) is 14.2 Å². The number of hydrogen-bond acceptors (Lipinski definition) is 7. The number of rotatable bonds is 6. The van der Waals surface area contributed by atoms with Crippen LogP contribution >= 0.6 is 0 Å². The summed E-state index contributed by atoms with van der Waals surface area (Å²) in [5.74, 6) is 1.53. The summed E-state index contributed by atoms with van der Waals surface area (Å²) in [5.41, 5.74) is 5.76. The standard InChI is InChI=1S/C11H22N2O2.C11H14O4/c1-11(2,3)15-10(14)13-9-6-4-8(12)5-7-9;1-4-15-8-5-10(13-2)9(7-12)11(6-8)14-3/h8-9H,4-7,12H2,1-3H3,(H,13,14);5-7H,4H2,1-3H3. The van der Waals surface area contributed by atoms with E-state index in [0.717, 1.165) is 25.7 Å². The first-order valence-corrected chi connectivity index (χ1v) is 10.2. The van der Waals surface area contributed by atoms with Crippen molar-refractivity contribution in [2.45, 2.75) is 71.1 Å². The molecule has 0 atom stereocenters. The molecule has 0 bridgehead atoms. The number of alkyl carbamates (subject to hydrolysis) is 1. The van der Waals surface area contributed by atoms with Gasteiger partial charge in [0.25, 0.3) is 0 Å². The maximum absolute atomic E-state index is 11.4. The molecule has 0 unspecified atom stereocenters. The van der Waals surface area contributed by atoms with E-state index in [4.69, 9.17) is 24.7 Å². The Labute approximate surface area is 179 Å². The first kappa shape index (κ1) is 25.6. The second-order valence-electron chi connectivity index (χ2n) is 8.05. The number of benzene rings is 1. The van der Waals surface area contributed by atoms with Crippen LogP contribution in [-0.4, -0.2) is 50.9 Å². The lowest BCUT2D eigenvalue weighted by Crippen LogP contribution is -2.42. The highest BCUT2D eigenvalue weighted by atomic mass is 16.6. The molecule has 3 N–H and O–H groups in total. The van der Waals surface area contributed by atoms with Crippen LogP contribution in [0.2, 0.25) is 0 Å². The van der Waals surface area contributed by atoms with Crippen LogP contribution in [0.4, 0.5) is 4.79 Å². The van der Waals surface area contributed by atoms with Gasteiger partial charge >= 0.3 is 6.09 Å². The molecule has 0 saturated heterocycles. The van der Waals surface area contributed by atoms with Gasteiger partial charge in [0.1, 0.15) is 22.8 Å². The molecule has 1 aliphatic rings. The molecule has 1 amide bonds. The molecule has 0 radical (unpaired) electrons. The lowest BCUT2D eigenvalue weighted by molar-refractivity contribution is 0.0491. The lowest BCUT2D eigenvalue weighted by Gasteiger charge is -2.28. The molecule has 1 fully saturated rings. The van der Waals surface area contributed by atoms with Gasteiger partial charge in [0, 0.05) is 24.2 Å². The van der Waals surface area contributed by atoms with Gasteiger partial charge in [-0.3, -0.25) is 4.79 Å². The fourth-order valence-corrected chi connectivity index (χ4v) is 3.02. The summed E-state index contributed by atoms with van der Waals surface area (Å²) in [4.78, 5) is 22.3. The predicted molar refractivity (Wildman–Crippen MR) is 116 cm³/mol. The second-order valence-corrected chi connectivity index (χ2v) is 8.05. The van der Waals surface area contributed by atoms with Gasteiger partial charge in [-0.15, -0.1) is 0 Å². The van der Waals surface area contributed by atoms with Crippen LogP contribution in [0.5, 0.6) is 17.2 Å². The van der Waals surface area contributed by atoms with Gasteiger partial charge in [0.15, 0.2) is 6.29 Å². The topological polar surface area (TPSA) is 109 Å². The Morgan fingerprint density at radius 3 is 2.07 bits per heavy atom. The molecule has 8 heteroatoms. The molecular formula is C22H36N2O6. The summed E-state index contributed by atoms with van der Waals surface area (Å²) in [6.45, 7) is 8.02. The Bertz CT molecular complexity index is 654. The third-order valence-electron chi connectivity index (χ3n) is 4.44. The van der Waals surface area contributed by atoms with Gasteiger partial charge in [-0.2, -0.15) is 0 Å². The van der Waals surface area contributed by atoms with Crippen molar-refractivity contribution in [3.63, 3.8) is 0 Å². The van der Waals surface area contributed by atoms with Crippen molar-refractivity contribution < 1.29 is 28.5 Å². The molecule has 1 aromatic carbocycles. The summed E-state index contributed by atoms with van der Waals surface area (Å²) in [7, 11) is 3.00. The van der Waals surface area contributed by atoms with Crippen molar-refractivity contribution in [3.05, 3.63) is 17.7 Å². The van der Waals surface area contributed by atoms with Crippen molar-refractivity contribution >= 4 is 12.4 Å². The maximum atomic E-state index is 11.4. The number of ether oxygens (including phenoxy) is 4. The normalized spacial score (nSPS) is 18.4. The average Bonchev–Trinajstić information content (AvgIpc) is 2.68. The van der Waals surface area contributed by atoms with Gasteiger partial charge in [-0.1, -0.05) is 0 Å². The maximum Gasteiger partial charge on any atom is 0.407 e. The molecule has 170 valence electrons. The zero-order valence-corrected chi connectivity index (χ0v) is 18.9. The largest absolute Gasteiger partial charge is 0.496 e. The number of hydrogen-bond donors (Lipinski definition) is 2.